The average molecular weight is 177 g/mol. The van der Waals surface area contributed by atoms with E-state index in [0.29, 0.717) is 19.4 Å². The predicted octanol–water partition coefficient (Wildman–Crippen LogP) is 0.579. The molecule has 0 bridgehead atoms. The van der Waals surface area contributed by atoms with Crippen molar-refractivity contribution in [1.29, 1.82) is 0 Å². The Labute approximate surface area is 70.7 Å². The Kier molecular flexibility index (Phi) is 5.64. The molecule has 0 atom stereocenters. The van der Waals surface area contributed by atoms with E-state index in [4.69, 9.17) is 0 Å². The van der Waals surface area contributed by atoms with E-state index in [1.54, 1.807) is 0 Å². The summed E-state index contributed by atoms with van der Waals surface area (Å²) in [4.78, 5) is 20.7. The highest BCUT2D eigenvalue weighted by atomic mass is 32.1. The van der Waals surface area contributed by atoms with E-state index in [1.165, 1.54) is 7.11 Å². The SMILES string of the molecule is COC(=O)NCCCC(=O)S. The van der Waals surface area contributed by atoms with E-state index < -0.39 is 6.09 Å². The molecule has 0 aliphatic rings. The van der Waals surface area contributed by atoms with Crippen molar-refractivity contribution in [1.82, 2.24) is 5.32 Å². The number of carbonyl (C=O) groups is 2. The van der Waals surface area contributed by atoms with Crippen molar-refractivity contribution in [3.63, 3.8) is 0 Å². The maximum Gasteiger partial charge on any atom is 0.406 e. The van der Waals surface area contributed by atoms with Crippen molar-refractivity contribution >= 4 is 23.8 Å². The second-order valence-electron chi connectivity index (χ2n) is 1.92. The van der Waals surface area contributed by atoms with Crippen LogP contribution in [-0.4, -0.2) is 24.9 Å². The zero-order valence-electron chi connectivity index (χ0n) is 6.29. The minimum atomic E-state index is -0.475. The van der Waals surface area contributed by atoms with Gasteiger partial charge in [0.05, 0.1) is 7.11 Å². The van der Waals surface area contributed by atoms with Crippen molar-refractivity contribution in [2.45, 2.75) is 12.8 Å². The fourth-order valence-electron chi connectivity index (χ4n) is 0.502. The molecule has 0 aromatic carbocycles. The third-order valence-corrected chi connectivity index (χ3v) is 1.25. The van der Waals surface area contributed by atoms with Gasteiger partial charge in [-0.1, -0.05) is 0 Å². The van der Waals surface area contributed by atoms with Gasteiger partial charge >= 0.3 is 6.09 Å². The molecule has 1 N–H and O–H groups in total. The van der Waals surface area contributed by atoms with Crippen LogP contribution in [0.4, 0.5) is 4.79 Å². The van der Waals surface area contributed by atoms with Gasteiger partial charge in [-0.15, -0.1) is 12.6 Å². The molecule has 0 aromatic heterocycles. The summed E-state index contributed by atoms with van der Waals surface area (Å²) in [5.74, 6) is 0. The first kappa shape index (κ1) is 10.3. The van der Waals surface area contributed by atoms with Gasteiger partial charge < -0.3 is 10.1 Å². The lowest BCUT2D eigenvalue weighted by Gasteiger charge is -2.00. The number of rotatable bonds is 4. The Morgan fingerprint density at radius 3 is 2.64 bits per heavy atom. The molecule has 5 heteroatoms. The Morgan fingerprint density at radius 2 is 2.18 bits per heavy atom. The second kappa shape index (κ2) is 6.03. The summed E-state index contributed by atoms with van der Waals surface area (Å²) in [5.41, 5.74) is 0. The van der Waals surface area contributed by atoms with Crippen molar-refractivity contribution in [2.75, 3.05) is 13.7 Å². The molecule has 0 rings (SSSR count). The van der Waals surface area contributed by atoms with E-state index in [0.717, 1.165) is 0 Å². The smallest absolute Gasteiger partial charge is 0.406 e. The van der Waals surface area contributed by atoms with Gasteiger partial charge in [0.2, 0.25) is 0 Å². The zero-order valence-corrected chi connectivity index (χ0v) is 7.19. The molecular weight excluding hydrogens is 166 g/mol. The summed E-state index contributed by atoms with van der Waals surface area (Å²) in [6.07, 6.45) is 0.487. The normalized spacial score (nSPS) is 8.91. The fraction of sp³-hybridized carbons (Fsp3) is 0.667. The van der Waals surface area contributed by atoms with Crippen LogP contribution in [0, 0.1) is 0 Å². The highest BCUT2D eigenvalue weighted by molar-refractivity contribution is 7.96. The third-order valence-electron chi connectivity index (χ3n) is 1.02. The minimum absolute atomic E-state index is 0.170. The Balaban J connectivity index is 3.14. The lowest BCUT2D eigenvalue weighted by Crippen LogP contribution is -2.24. The molecule has 0 unspecified atom stereocenters. The van der Waals surface area contributed by atoms with Crippen LogP contribution in [0.2, 0.25) is 0 Å². The van der Waals surface area contributed by atoms with Gasteiger partial charge in [0.25, 0.3) is 0 Å². The molecule has 0 aromatic rings. The maximum absolute atomic E-state index is 10.4. The molecule has 4 nitrogen and oxygen atoms in total. The quantitative estimate of drug-likeness (QED) is 0.488. The molecule has 1 amide bonds. The molecule has 0 aliphatic heterocycles. The van der Waals surface area contributed by atoms with Crippen LogP contribution in [0.15, 0.2) is 0 Å². The number of ether oxygens (including phenoxy) is 1. The minimum Gasteiger partial charge on any atom is -0.453 e. The molecule has 0 spiro atoms. The number of alkyl carbamates (subject to hydrolysis) is 1. The first-order valence-corrected chi connectivity index (χ1v) is 3.65. The first-order valence-electron chi connectivity index (χ1n) is 3.20. The standard InChI is InChI=1S/C6H11NO3S/c1-10-6(9)7-4-2-3-5(8)11/h2-4H2,1H3,(H,7,9)(H,8,11). The van der Waals surface area contributed by atoms with Gasteiger partial charge in [-0.05, 0) is 6.42 Å². The first-order chi connectivity index (χ1) is 5.16. The van der Waals surface area contributed by atoms with E-state index in [9.17, 15) is 9.59 Å². The van der Waals surface area contributed by atoms with E-state index >= 15 is 0 Å². The summed E-state index contributed by atoms with van der Waals surface area (Å²) in [6.45, 7) is 0.443. The van der Waals surface area contributed by atoms with Crippen LogP contribution in [0.5, 0.6) is 0 Å². The maximum atomic E-state index is 10.4. The third kappa shape index (κ3) is 7.18. The number of methoxy groups -OCH3 is 1. The van der Waals surface area contributed by atoms with Crippen LogP contribution in [0.1, 0.15) is 12.8 Å². The molecule has 0 heterocycles. The molecule has 11 heavy (non-hydrogen) atoms. The van der Waals surface area contributed by atoms with Crippen LogP contribution >= 0.6 is 12.6 Å². The summed E-state index contributed by atoms with van der Waals surface area (Å²) in [7, 11) is 1.29. The van der Waals surface area contributed by atoms with Crippen LogP contribution in [-0.2, 0) is 9.53 Å². The second-order valence-corrected chi connectivity index (χ2v) is 2.41. The average Bonchev–Trinajstić information content (AvgIpc) is 1.97. The molecular formula is C6H11NO3S. The summed E-state index contributed by atoms with van der Waals surface area (Å²) in [5, 5.41) is 2.27. The van der Waals surface area contributed by atoms with E-state index in [-0.39, 0.29) is 5.12 Å². The van der Waals surface area contributed by atoms with E-state index in [2.05, 4.69) is 22.7 Å². The number of nitrogens with one attached hydrogen (secondary N) is 1. The number of amides is 1. The van der Waals surface area contributed by atoms with Crippen molar-refractivity contribution < 1.29 is 14.3 Å². The van der Waals surface area contributed by atoms with Crippen LogP contribution < -0.4 is 5.32 Å². The number of carbonyl (C=O) groups excluding carboxylic acids is 2. The van der Waals surface area contributed by atoms with Crippen molar-refractivity contribution in [2.24, 2.45) is 0 Å². The van der Waals surface area contributed by atoms with Crippen molar-refractivity contribution in [3.8, 4) is 0 Å². The molecule has 0 fully saturated rings. The summed E-state index contributed by atoms with van der Waals surface area (Å²) in [6, 6.07) is 0. The fourth-order valence-corrected chi connectivity index (χ4v) is 0.660. The predicted molar refractivity (Wildman–Crippen MR) is 43.6 cm³/mol. The van der Waals surface area contributed by atoms with Gasteiger partial charge in [0, 0.05) is 13.0 Å². The van der Waals surface area contributed by atoms with Crippen molar-refractivity contribution in [3.05, 3.63) is 0 Å². The molecule has 64 valence electrons. The number of hydrogen-bond donors (Lipinski definition) is 2. The topological polar surface area (TPSA) is 55.4 Å². The molecule has 0 aliphatic carbocycles. The van der Waals surface area contributed by atoms with Gasteiger partial charge in [0.15, 0.2) is 5.12 Å². The number of thiol groups is 1. The Hall–Kier alpha value is -0.710. The van der Waals surface area contributed by atoms with E-state index in [1.807, 2.05) is 0 Å². The van der Waals surface area contributed by atoms with Crippen LogP contribution in [0.3, 0.4) is 0 Å². The molecule has 0 saturated carbocycles. The van der Waals surface area contributed by atoms with Gasteiger partial charge in [0.1, 0.15) is 0 Å². The number of hydrogen-bond acceptors (Lipinski definition) is 3. The van der Waals surface area contributed by atoms with Crippen LogP contribution in [0.25, 0.3) is 0 Å². The summed E-state index contributed by atoms with van der Waals surface area (Å²) < 4.78 is 4.30. The molecule has 0 saturated heterocycles. The Morgan fingerprint density at radius 1 is 1.55 bits per heavy atom. The highest BCUT2D eigenvalue weighted by Gasteiger charge is 1.97. The largest absolute Gasteiger partial charge is 0.453 e. The lowest BCUT2D eigenvalue weighted by atomic mass is 10.3. The lowest BCUT2D eigenvalue weighted by molar-refractivity contribution is -0.110. The molecule has 0 radical (unpaired) electrons. The van der Waals surface area contributed by atoms with Gasteiger partial charge in [-0.25, -0.2) is 4.79 Å². The van der Waals surface area contributed by atoms with Gasteiger partial charge in [-0.2, -0.15) is 0 Å². The van der Waals surface area contributed by atoms with Gasteiger partial charge in [-0.3, -0.25) is 4.79 Å². The zero-order chi connectivity index (χ0) is 8.69. The monoisotopic (exact) mass is 177 g/mol. The Bertz CT molecular complexity index is 149. The summed E-state index contributed by atoms with van der Waals surface area (Å²) >= 11 is 3.56. The highest BCUT2D eigenvalue weighted by Crippen LogP contribution is 1.91.